The molecular formula is C14H18N2O4S. The molecule has 0 saturated heterocycles. The highest BCUT2D eigenvalue weighted by atomic mass is 32.1. The first-order chi connectivity index (χ1) is 10.1. The standard InChI is InChI=1S/C14H18N2O4S/c17-12(16(9-13(18)19)8-10-3-4-10)5-6-15-14(20)11-2-1-7-21-11/h1-2,7,10H,3-6,8-9H2,(H,15,20)(H,18,19). The number of thiophene rings is 1. The Morgan fingerprint density at radius 3 is 2.71 bits per heavy atom. The van der Waals surface area contributed by atoms with E-state index in [1.807, 2.05) is 5.38 Å². The lowest BCUT2D eigenvalue weighted by Crippen LogP contribution is -2.39. The Morgan fingerprint density at radius 1 is 1.38 bits per heavy atom. The molecule has 2 rings (SSSR count). The summed E-state index contributed by atoms with van der Waals surface area (Å²) in [5.74, 6) is -0.999. The molecule has 2 N–H and O–H groups in total. The Bertz CT molecular complexity index is 511. The molecular weight excluding hydrogens is 292 g/mol. The van der Waals surface area contributed by atoms with Gasteiger partial charge in [0, 0.05) is 19.5 Å². The second-order valence-corrected chi connectivity index (χ2v) is 6.04. The molecule has 2 amide bonds. The third kappa shape index (κ3) is 5.18. The molecule has 0 spiro atoms. The van der Waals surface area contributed by atoms with Gasteiger partial charge in [-0.2, -0.15) is 0 Å². The molecule has 1 heterocycles. The van der Waals surface area contributed by atoms with Crippen molar-refractivity contribution in [3.8, 4) is 0 Å². The van der Waals surface area contributed by atoms with Gasteiger partial charge in [-0.15, -0.1) is 11.3 Å². The summed E-state index contributed by atoms with van der Waals surface area (Å²) >= 11 is 1.34. The molecule has 114 valence electrons. The zero-order valence-electron chi connectivity index (χ0n) is 11.6. The quantitative estimate of drug-likeness (QED) is 0.755. The molecule has 1 aromatic heterocycles. The van der Waals surface area contributed by atoms with Crippen LogP contribution in [0.4, 0.5) is 0 Å². The number of aliphatic carboxylic acids is 1. The number of hydrogen-bond acceptors (Lipinski definition) is 4. The van der Waals surface area contributed by atoms with E-state index in [1.54, 1.807) is 12.1 Å². The van der Waals surface area contributed by atoms with E-state index in [0.717, 1.165) is 12.8 Å². The van der Waals surface area contributed by atoms with Crippen molar-refractivity contribution < 1.29 is 19.5 Å². The number of carbonyl (C=O) groups excluding carboxylic acids is 2. The fourth-order valence-electron chi connectivity index (χ4n) is 1.97. The van der Waals surface area contributed by atoms with Crippen LogP contribution in [-0.4, -0.2) is 47.4 Å². The third-order valence-electron chi connectivity index (χ3n) is 3.22. The molecule has 0 aromatic carbocycles. The normalized spacial score (nSPS) is 13.7. The summed E-state index contributed by atoms with van der Waals surface area (Å²) in [6.07, 6.45) is 2.23. The van der Waals surface area contributed by atoms with Crippen LogP contribution in [0.15, 0.2) is 17.5 Å². The van der Waals surface area contributed by atoms with Crippen LogP contribution < -0.4 is 5.32 Å². The predicted octanol–water partition coefficient (Wildman–Crippen LogP) is 1.19. The van der Waals surface area contributed by atoms with Crippen molar-refractivity contribution in [2.45, 2.75) is 19.3 Å². The highest BCUT2D eigenvalue weighted by molar-refractivity contribution is 7.12. The zero-order chi connectivity index (χ0) is 15.2. The molecule has 6 nitrogen and oxygen atoms in total. The second kappa shape index (κ2) is 7.21. The Morgan fingerprint density at radius 2 is 2.14 bits per heavy atom. The highest BCUT2D eigenvalue weighted by Gasteiger charge is 2.27. The first kappa shape index (κ1) is 15.5. The molecule has 1 aliphatic carbocycles. The summed E-state index contributed by atoms with van der Waals surface area (Å²) in [7, 11) is 0. The van der Waals surface area contributed by atoms with Crippen molar-refractivity contribution in [2.75, 3.05) is 19.6 Å². The smallest absolute Gasteiger partial charge is 0.323 e. The maximum Gasteiger partial charge on any atom is 0.323 e. The minimum atomic E-state index is -1.01. The van der Waals surface area contributed by atoms with Crippen molar-refractivity contribution in [2.24, 2.45) is 5.92 Å². The number of carboxylic acids is 1. The van der Waals surface area contributed by atoms with Crippen LogP contribution in [0.25, 0.3) is 0 Å². The number of hydrogen-bond donors (Lipinski definition) is 2. The van der Waals surface area contributed by atoms with Crippen molar-refractivity contribution in [3.05, 3.63) is 22.4 Å². The van der Waals surface area contributed by atoms with Gasteiger partial charge in [-0.1, -0.05) is 6.07 Å². The van der Waals surface area contributed by atoms with Crippen LogP contribution >= 0.6 is 11.3 Å². The van der Waals surface area contributed by atoms with E-state index >= 15 is 0 Å². The average Bonchev–Trinajstić information content (AvgIpc) is 3.07. The van der Waals surface area contributed by atoms with Crippen molar-refractivity contribution in [3.63, 3.8) is 0 Å². The van der Waals surface area contributed by atoms with Gasteiger partial charge >= 0.3 is 5.97 Å². The first-order valence-corrected chi connectivity index (χ1v) is 7.75. The summed E-state index contributed by atoms with van der Waals surface area (Å²) in [5, 5.41) is 13.3. The summed E-state index contributed by atoms with van der Waals surface area (Å²) < 4.78 is 0. The average molecular weight is 310 g/mol. The monoisotopic (exact) mass is 310 g/mol. The van der Waals surface area contributed by atoms with Gasteiger partial charge in [0.1, 0.15) is 6.54 Å². The van der Waals surface area contributed by atoms with Gasteiger partial charge < -0.3 is 15.3 Å². The van der Waals surface area contributed by atoms with E-state index in [-0.39, 0.29) is 31.3 Å². The van der Waals surface area contributed by atoms with Gasteiger partial charge in [0.15, 0.2) is 0 Å². The topological polar surface area (TPSA) is 86.7 Å². The van der Waals surface area contributed by atoms with E-state index in [9.17, 15) is 14.4 Å². The number of carbonyl (C=O) groups is 3. The molecule has 1 fully saturated rings. The van der Waals surface area contributed by atoms with Crippen LogP contribution in [0, 0.1) is 5.92 Å². The number of nitrogens with zero attached hydrogens (tertiary/aromatic N) is 1. The lowest BCUT2D eigenvalue weighted by Gasteiger charge is -2.20. The Kier molecular flexibility index (Phi) is 5.32. The van der Waals surface area contributed by atoms with Crippen molar-refractivity contribution in [1.82, 2.24) is 10.2 Å². The number of carboxylic acid groups (broad SMARTS) is 1. The zero-order valence-corrected chi connectivity index (χ0v) is 12.4. The van der Waals surface area contributed by atoms with E-state index < -0.39 is 5.97 Å². The molecule has 0 unspecified atom stereocenters. The van der Waals surface area contributed by atoms with Gasteiger partial charge in [0.2, 0.25) is 5.91 Å². The van der Waals surface area contributed by atoms with Gasteiger partial charge in [-0.25, -0.2) is 0 Å². The SMILES string of the molecule is O=C(O)CN(CC1CC1)C(=O)CCNC(=O)c1cccs1. The minimum absolute atomic E-state index is 0.122. The molecule has 0 aliphatic heterocycles. The highest BCUT2D eigenvalue weighted by Crippen LogP contribution is 2.29. The van der Waals surface area contributed by atoms with Crippen LogP contribution in [0.1, 0.15) is 28.9 Å². The molecule has 0 radical (unpaired) electrons. The Labute approximate surface area is 126 Å². The number of nitrogens with one attached hydrogen (secondary N) is 1. The molecule has 1 saturated carbocycles. The maximum absolute atomic E-state index is 12.0. The molecule has 1 aliphatic rings. The van der Waals surface area contributed by atoms with Gasteiger partial charge in [-0.05, 0) is 30.2 Å². The Balaban J connectivity index is 1.75. The maximum atomic E-state index is 12.0. The summed E-state index contributed by atoms with van der Waals surface area (Å²) in [5.41, 5.74) is 0. The molecule has 0 bridgehead atoms. The van der Waals surface area contributed by atoms with Crippen molar-refractivity contribution >= 4 is 29.1 Å². The van der Waals surface area contributed by atoms with Crippen LogP contribution in [0.5, 0.6) is 0 Å². The second-order valence-electron chi connectivity index (χ2n) is 5.09. The number of amides is 2. The van der Waals surface area contributed by atoms with Crippen LogP contribution in [-0.2, 0) is 9.59 Å². The molecule has 0 atom stereocenters. The Hall–Kier alpha value is -1.89. The largest absolute Gasteiger partial charge is 0.480 e. The summed E-state index contributed by atoms with van der Waals surface area (Å²) in [6, 6.07) is 3.50. The predicted molar refractivity (Wildman–Crippen MR) is 78.2 cm³/mol. The fourth-order valence-corrected chi connectivity index (χ4v) is 2.61. The lowest BCUT2D eigenvalue weighted by atomic mass is 10.3. The lowest BCUT2D eigenvalue weighted by molar-refractivity contribution is -0.144. The molecule has 21 heavy (non-hydrogen) atoms. The van der Waals surface area contributed by atoms with Crippen LogP contribution in [0.2, 0.25) is 0 Å². The minimum Gasteiger partial charge on any atom is -0.480 e. The van der Waals surface area contributed by atoms with Gasteiger partial charge in [-0.3, -0.25) is 14.4 Å². The van der Waals surface area contributed by atoms with E-state index in [0.29, 0.717) is 17.3 Å². The summed E-state index contributed by atoms with van der Waals surface area (Å²) in [6.45, 7) is 0.453. The first-order valence-electron chi connectivity index (χ1n) is 6.87. The van der Waals surface area contributed by atoms with E-state index in [1.165, 1.54) is 16.2 Å². The van der Waals surface area contributed by atoms with E-state index in [2.05, 4.69) is 5.32 Å². The third-order valence-corrected chi connectivity index (χ3v) is 4.09. The number of rotatable bonds is 8. The van der Waals surface area contributed by atoms with Gasteiger partial charge in [0.25, 0.3) is 5.91 Å². The van der Waals surface area contributed by atoms with Crippen LogP contribution in [0.3, 0.4) is 0 Å². The van der Waals surface area contributed by atoms with Gasteiger partial charge in [0.05, 0.1) is 4.88 Å². The van der Waals surface area contributed by atoms with E-state index in [4.69, 9.17) is 5.11 Å². The fraction of sp³-hybridized carbons (Fsp3) is 0.500. The molecule has 7 heteroatoms. The summed E-state index contributed by atoms with van der Waals surface area (Å²) in [4.78, 5) is 36.5. The van der Waals surface area contributed by atoms with Crippen molar-refractivity contribution in [1.29, 1.82) is 0 Å². The molecule has 1 aromatic rings.